The Hall–Kier alpha value is -1.04. The average Bonchev–Trinajstić information content (AvgIpc) is 2.32. The van der Waals surface area contributed by atoms with Crippen molar-refractivity contribution in [2.24, 2.45) is 0 Å². The molecule has 0 bridgehead atoms. The maximum atomic E-state index is 13.3. The minimum Gasteiger partial charge on any atom is -0.392 e. The molecule has 0 aromatic heterocycles. The maximum Gasteiger partial charge on any atom is 0.126 e. The molecule has 1 aromatic rings. The Morgan fingerprint density at radius 1 is 1.25 bits per heavy atom. The van der Waals surface area contributed by atoms with Crippen LogP contribution in [-0.4, -0.2) is 42.8 Å². The summed E-state index contributed by atoms with van der Waals surface area (Å²) < 4.78 is 26.6. The van der Waals surface area contributed by atoms with Gasteiger partial charge in [0.2, 0.25) is 0 Å². The van der Waals surface area contributed by atoms with Crippen molar-refractivity contribution in [1.82, 2.24) is 10.2 Å². The van der Waals surface area contributed by atoms with Crippen molar-refractivity contribution in [3.63, 3.8) is 0 Å². The van der Waals surface area contributed by atoms with Crippen molar-refractivity contribution < 1.29 is 13.9 Å². The van der Waals surface area contributed by atoms with Crippen LogP contribution in [0.4, 0.5) is 8.78 Å². The Kier molecular flexibility index (Phi) is 7.05. The number of aliphatic hydroxyl groups excluding tert-OH is 1. The normalized spacial score (nSPS) is 14.6. The van der Waals surface area contributed by atoms with Gasteiger partial charge >= 0.3 is 0 Å². The number of nitrogens with one attached hydrogen (secondary N) is 1. The van der Waals surface area contributed by atoms with Crippen LogP contribution < -0.4 is 5.32 Å². The molecule has 2 unspecified atom stereocenters. The second-order valence-electron chi connectivity index (χ2n) is 5.21. The molecule has 3 nitrogen and oxygen atoms in total. The third kappa shape index (κ3) is 5.94. The van der Waals surface area contributed by atoms with Gasteiger partial charge < -0.3 is 15.3 Å². The fourth-order valence-electron chi connectivity index (χ4n) is 2.30. The van der Waals surface area contributed by atoms with Gasteiger partial charge in [0.05, 0.1) is 6.10 Å². The summed E-state index contributed by atoms with van der Waals surface area (Å²) in [5, 5.41) is 12.6. The zero-order chi connectivity index (χ0) is 15.1. The molecule has 0 fully saturated rings. The lowest BCUT2D eigenvalue weighted by Crippen LogP contribution is -2.31. The maximum absolute atomic E-state index is 13.3. The molecule has 0 saturated heterocycles. The summed E-state index contributed by atoms with van der Waals surface area (Å²) in [6.45, 7) is 5.74. The van der Waals surface area contributed by atoms with Crippen molar-refractivity contribution in [3.8, 4) is 0 Å². The quantitative estimate of drug-likeness (QED) is 0.770. The van der Waals surface area contributed by atoms with E-state index in [1.54, 1.807) is 6.92 Å². The summed E-state index contributed by atoms with van der Waals surface area (Å²) in [4.78, 5) is 2.00. The molecule has 5 heteroatoms. The van der Waals surface area contributed by atoms with E-state index in [-0.39, 0.29) is 12.1 Å². The summed E-state index contributed by atoms with van der Waals surface area (Å²) >= 11 is 0. The zero-order valence-corrected chi connectivity index (χ0v) is 12.4. The molecule has 2 atom stereocenters. The van der Waals surface area contributed by atoms with Crippen molar-refractivity contribution >= 4 is 0 Å². The first-order valence-electron chi connectivity index (χ1n) is 6.98. The smallest absolute Gasteiger partial charge is 0.126 e. The number of nitrogens with zero attached hydrogens (tertiary/aromatic N) is 1. The SMILES string of the molecule is CCNC(CCN(C)CC(C)O)c1cc(F)cc(F)c1. The van der Waals surface area contributed by atoms with Gasteiger partial charge in [-0.05, 0) is 51.2 Å². The highest BCUT2D eigenvalue weighted by molar-refractivity contribution is 5.21. The molecule has 20 heavy (non-hydrogen) atoms. The van der Waals surface area contributed by atoms with Gasteiger partial charge in [0.25, 0.3) is 0 Å². The monoisotopic (exact) mass is 286 g/mol. The molecule has 0 heterocycles. The molecular formula is C15H24F2N2O. The van der Waals surface area contributed by atoms with Gasteiger partial charge in [0, 0.05) is 18.7 Å². The van der Waals surface area contributed by atoms with Gasteiger partial charge in [-0.1, -0.05) is 6.92 Å². The first-order valence-corrected chi connectivity index (χ1v) is 6.98. The van der Waals surface area contributed by atoms with E-state index >= 15 is 0 Å². The van der Waals surface area contributed by atoms with Gasteiger partial charge in [-0.15, -0.1) is 0 Å². The number of hydrogen-bond acceptors (Lipinski definition) is 3. The molecule has 0 saturated carbocycles. The Morgan fingerprint density at radius 2 is 1.85 bits per heavy atom. The Morgan fingerprint density at radius 3 is 2.35 bits per heavy atom. The van der Waals surface area contributed by atoms with Crippen molar-refractivity contribution in [1.29, 1.82) is 0 Å². The summed E-state index contributed by atoms with van der Waals surface area (Å²) in [6, 6.07) is 3.52. The average molecular weight is 286 g/mol. The molecule has 0 spiro atoms. The fourth-order valence-corrected chi connectivity index (χ4v) is 2.30. The minimum absolute atomic E-state index is 0.0957. The number of benzene rings is 1. The van der Waals surface area contributed by atoms with E-state index in [1.807, 2.05) is 18.9 Å². The van der Waals surface area contributed by atoms with Crippen LogP contribution in [0.1, 0.15) is 31.9 Å². The molecule has 0 aliphatic heterocycles. The molecular weight excluding hydrogens is 262 g/mol. The lowest BCUT2D eigenvalue weighted by molar-refractivity contribution is 0.139. The van der Waals surface area contributed by atoms with Crippen LogP contribution >= 0.6 is 0 Å². The highest BCUT2D eigenvalue weighted by Gasteiger charge is 2.14. The molecule has 0 amide bonds. The van der Waals surface area contributed by atoms with E-state index < -0.39 is 11.6 Å². The molecule has 0 radical (unpaired) electrons. The summed E-state index contributed by atoms with van der Waals surface area (Å²) in [6.07, 6.45) is 0.337. The second-order valence-corrected chi connectivity index (χ2v) is 5.21. The Balaban J connectivity index is 2.68. The van der Waals surface area contributed by atoms with Crippen LogP contribution in [0.15, 0.2) is 18.2 Å². The number of likely N-dealkylation sites (N-methyl/N-ethyl adjacent to an activating group) is 1. The molecule has 114 valence electrons. The first-order chi connectivity index (χ1) is 9.42. The van der Waals surface area contributed by atoms with Crippen LogP contribution in [-0.2, 0) is 0 Å². The van der Waals surface area contributed by atoms with E-state index in [4.69, 9.17) is 0 Å². The van der Waals surface area contributed by atoms with E-state index in [0.29, 0.717) is 12.1 Å². The number of hydrogen-bond donors (Lipinski definition) is 2. The lowest BCUT2D eigenvalue weighted by Gasteiger charge is -2.23. The van der Waals surface area contributed by atoms with Crippen molar-refractivity contribution in [2.75, 3.05) is 26.7 Å². The van der Waals surface area contributed by atoms with Crippen LogP contribution in [0.2, 0.25) is 0 Å². The lowest BCUT2D eigenvalue weighted by atomic mass is 10.0. The Bertz CT molecular complexity index is 393. The summed E-state index contributed by atoms with van der Waals surface area (Å²) in [5.74, 6) is -1.11. The largest absolute Gasteiger partial charge is 0.392 e. The van der Waals surface area contributed by atoms with Gasteiger partial charge in [-0.25, -0.2) is 8.78 Å². The molecule has 0 aliphatic carbocycles. The standard InChI is InChI=1S/C15H24F2N2O/c1-4-18-15(5-6-19(3)10-11(2)20)12-7-13(16)9-14(17)8-12/h7-9,11,15,18,20H,4-6,10H2,1-3H3. The van der Waals surface area contributed by atoms with E-state index in [2.05, 4.69) is 5.32 Å². The summed E-state index contributed by atoms with van der Waals surface area (Å²) in [5.41, 5.74) is 0.620. The van der Waals surface area contributed by atoms with Crippen LogP contribution in [0, 0.1) is 11.6 Å². The summed E-state index contributed by atoms with van der Waals surface area (Å²) in [7, 11) is 1.92. The molecule has 1 rings (SSSR count). The predicted octanol–water partition coefficient (Wildman–Crippen LogP) is 2.32. The fraction of sp³-hybridized carbons (Fsp3) is 0.600. The van der Waals surface area contributed by atoms with E-state index in [0.717, 1.165) is 25.6 Å². The third-order valence-corrected chi connectivity index (χ3v) is 3.11. The number of rotatable bonds is 8. The molecule has 1 aromatic carbocycles. The van der Waals surface area contributed by atoms with Gasteiger partial charge in [0.1, 0.15) is 11.6 Å². The van der Waals surface area contributed by atoms with Crippen molar-refractivity contribution in [3.05, 3.63) is 35.4 Å². The van der Waals surface area contributed by atoms with Crippen molar-refractivity contribution in [2.45, 2.75) is 32.4 Å². The topological polar surface area (TPSA) is 35.5 Å². The zero-order valence-electron chi connectivity index (χ0n) is 12.4. The third-order valence-electron chi connectivity index (χ3n) is 3.11. The van der Waals surface area contributed by atoms with Crippen LogP contribution in [0.3, 0.4) is 0 Å². The Labute approximate surface area is 119 Å². The second kappa shape index (κ2) is 8.29. The van der Waals surface area contributed by atoms with Gasteiger partial charge in [0.15, 0.2) is 0 Å². The van der Waals surface area contributed by atoms with E-state index in [9.17, 15) is 13.9 Å². The number of halogens is 2. The molecule has 0 aliphatic rings. The minimum atomic E-state index is -0.555. The van der Waals surface area contributed by atoms with Gasteiger partial charge in [-0.2, -0.15) is 0 Å². The van der Waals surface area contributed by atoms with Gasteiger partial charge in [-0.3, -0.25) is 0 Å². The van der Waals surface area contributed by atoms with Crippen LogP contribution in [0.5, 0.6) is 0 Å². The number of aliphatic hydroxyl groups is 1. The van der Waals surface area contributed by atoms with E-state index in [1.165, 1.54) is 12.1 Å². The highest BCUT2D eigenvalue weighted by Crippen LogP contribution is 2.19. The molecule has 2 N–H and O–H groups in total. The predicted molar refractivity (Wildman–Crippen MR) is 76.6 cm³/mol. The first kappa shape index (κ1) is 17.0. The van der Waals surface area contributed by atoms with Crippen LogP contribution in [0.25, 0.3) is 0 Å². The highest BCUT2D eigenvalue weighted by atomic mass is 19.1.